The number of aromatic amines is 2. The number of pyridine rings is 2. The summed E-state index contributed by atoms with van der Waals surface area (Å²) in [5.41, 5.74) is 4.62. The van der Waals surface area contributed by atoms with E-state index < -0.39 is 17.9 Å². The highest BCUT2D eigenvalue weighted by Crippen LogP contribution is 2.30. The van der Waals surface area contributed by atoms with Crippen molar-refractivity contribution in [2.24, 2.45) is 0 Å². The minimum Gasteiger partial charge on any atom is -0.496 e. The summed E-state index contributed by atoms with van der Waals surface area (Å²) >= 11 is 8.45. The molecule has 3 heterocycles. The Labute approximate surface area is 393 Å². The molecule has 5 aromatic rings. The maximum absolute atomic E-state index is 11.6. The summed E-state index contributed by atoms with van der Waals surface area (Å²) in [5.74, 6) is -0.553. The van der Waals surface area contributed by atoms with Crippen LogP contribution in [-0.2, 0) is 15.8 Å². The molecule has 19 heteroatoms. The molecular weight excluding hydrogens is 945 g/mol. The molecular formula is C46H49BrN4O12S2. The van der Waals surface area contributed by atoms with Crippen LogP contribution >= 0.6 is 40.3 Å². The fourth-order valence-electron chi connectivity index (χ4n) is 5.61. The number of carbonyl (C=O) groups is 3. The zero-order chi connectivity index (χ0) is 48.6. The molecule has 6 rings (SSSR count). The van der Waals surface area contributed by atoms with Crippen LogP contribution in [0.15, 0.2) is 86.4 Å². The van der Waals surface area contributed by atoms with Gasteiger partial charge in [0.1, 0.15) is 29.4 Å². The third kappa shape index (κ3) is 17.9. The molecule has 5 N–H and O–H groups in total. The van der Waals surface area contributed by atoms with Gasteiger partial charge in [0.25, 0.3) is 0 Å². The number of benzene rings is 3. The maximum Gasteiger partial charge on any atom is 0.335 e. The molecule has 1 fully saturated rings. The first kappa shape index (κ1) is 54.6. The first-order valence-electron chi connectivity index (χ1n) is 19.4. The van der Waals surface area contributed by atoms with Gasteiger partial charge in [-0.05, 0) is 111 Å². The first-order valence-corrected chi connectivity index (χ1v) is 21.9. The molecule has 0 unspecified atom stereocenters. The number of thiol groups is 1. The van der Waals surface area contributed by atoms with E-state index in [1.54, 1.807) is 58.4 Å². The number of nitriles is 2. The SMILES string of the molecule is C1CCOCC1.COc1ccc(C(=O)O)cc1C.COc1ccc(C(=O)O)cc1CBr.COc1ccc(C(=O)O)cc1CSc1[nH]c(=O)cc(C)c1C#N.Cc1cc(=O)[nH]c(S)c1C#N. The van der Waals surface area contributed by atoms with E-state index >= 15 is 0 Å². The number of hydrogen-bond donors (Lipinski definition) is 6. The van der Waals surface area contributed by atoms with Gasteiger partial charge in [0.15, 0.2) is 0 Å². The van der Waals surface area contributed by atoms with Gasteiger partial charge < -0.3 is 44.2 Å². The second kappa shape index (κ2) is 28.3. The number of hydrogen-bond acceptors (Lipinski definition) is 13. The van der Waals surface area contributed by atoms with Gasteiger partial charge >= 0.3 is 17.9 Å². The van der Waals surface area contributed by atoms with Gasteiger partial charge in [-0.1, -0.05) is 15.9 Å². The van der Waals surface area contributed by atoms with Gasteiger partial charge in [-0.2, -0.15) is 10.5 Å². The van der Waals surface area contributed by atoms with Gasteiger partial charge in [-0.25, -0.2) is 14.4 Å². The van der Waals surface area contributed by atoms with Gasteiger partial charge in [0.05, 0.1) is 59.2 Å². The van der Waals surface area contributed by atoms with Crippen molar-refractivity contribution < 1.29 is 48.7 Å². The molecule has 2 aromatic heterocycles. The summed E-state index contributed by atoms with van der Waals surface area (Å²) in [4.78, 5) is 59.6. The fourth-order valence-corrected chi connectivity index (χ4v) is 7.43. The van der Waals surface area contributed by atoms with Crippen molar-refractivity contribution in [1.82, 2.24) is 9.97 Å². The van der Waals surface area contributed by atoms with Crippen molar-refractivity contribution in [3.05, 3.63) is 143 Å². The zero-order valence-corrected chi connectivity index (χ0v) is 39.7. The second-order valence-electron chi connectivity index (χ2n) is 13.5. The van der Waals surface area contributed by atoms with Gasteiger partial charge in [0.2, 0.25) is 11.1 Å². The van der Waals surface area contributed by atoms with E-state index in [9.17, 15) is 29.2 Å². The van der Waals surface area contributed by atoms with Crippen molar-refractivity contribution in [2.45, 2.75) is 61.2 Å². The molecule has 0 atom stereocenters. The summed E-state index contributed by atoms with van der Waals surface area (Å²) in [6.45, 7) is 7.21. The molecule has 0 bridgehead atoms. The predicted molar refractivity (Wildman–Crippen MR) is 252 cm³/mol. The van der Waals surface area contributed by atoms with Crippen LogP contribution in [0.3, 0.4) is 0 Å². The summed E-state index contributed by atoms with van der Waals surface area (Å²) in [6.07, 6.45) is 3.93. The van der Waals surface area contributed by atoms with Crippen LogP contribution in [0.2, 0.25) is 0 Å². The number of aryl methyl sites for hydroxylation is 3. The van der Waals surface area contributed by atoms with Crippen molar-refractivity contribution in [2.75, 3.05) is 34.5 Å². The predicted octanol–water partition coefficient (Wildman–Crippen LogP) is 8.57. The number of carboxylic acid groups (broad SMARTS) is 3. The lowest BCUT2D eigenvalue weighted by Gasteiger charge is -2.10. The Hall–Kier alpha value is -6.51. The van der Waals surface area contributed by atoms with Crippen LogP contribution in [0.25, 0.3) is 0 Å². The quantitative estimate of drug-likeness (QED) is 0.0435. The third-order valence-corrected chi connectivity index (χ3v) is 10.9. The van der Waals surface area contributed by atoms with Gasteiger partial charge in [-0.3, -0.25) is 9.59 Å². The second-order valence-corrected chi connectivity index (χ2v) is 15.5. The molecule has 1 saturated heterocycles. The van der Waals surface area contributed by atoms with E-state index in [-0.39, 0.29) is 27.8 Å². The Morgan fingerprint density at radius 3 is 1.52 bits per heavy atom. The smallest absolute Gasteiger partial charge is 0.335 e. The molecule has 1 aliphatic rings. The number of rotatable bonds is 10. The number of ether oxygens (including phenoxy) is 4. The number of halogens is 1. The number of aromatic nitrogens is 2. The number of alkyl halides is 1. The van der Waals surface area contributed by atoms with E-state index in [0.717, 1.165) is 24.3 Å². The van der Waals surface area contributed by atoms with Crippen molar-refractivity contribution in [3.8, 4) is 29.4 Å². The van der Waals surface area contributed by atoms with Gasteiger partial charge in [0, 0.05) is 47.6 Å². The van der Waals surface area contributed by atoms with Crippen LogP contribution in [0, 0.1) is 43.4 Å². The Morgan fingerprint density at radius 2 is 1.12 bits per heavy atom. The van der Waals surface area contributed by atoms with Crippen LogP contribution in [-0.4, -0.2) is 77.7 Å². The van der Waals surface area contributed by atoms with E-state index in [4.69, 9.17) is 39.5 Å². The standard InChI is InChI=1S/C16H14N2O4S.C9H9BrO3.C9H10O3.C7H6N2OS.C5H10O/c1-9-5-14(19)18-15(12(9)7-17)23-8-11-6-10(16(20)21)3-4-13(11)22-2;1-13-8-3-2-6(9(11)12)4-7(8)5-10;1-6-5-7(9(10)11)3-4-8(6)12-2;1-4-2-6(10)9-7(11)5(4)3-8;1-2-4-6-5-3-1/h3-6H,8H2,1-2H3,(H,18,19)(H,20,21);2-4H,5H2,1H3,(H,11,12);3-5H,1-2H3,(H,10,11);2H,1H3,(H2,9,10,11);1-5H2. The minimum atomic E-state index is -1.03. The largest absolute Gasteiger partial charge is 0.496 e. The summed E-state index contributed by atoms with van der Waals surface area (Å²) in [5, 5.41) is 45.6. The number of nitrogens with one attached hydrogen (secondary N) is 2. The number of carboxylic acids is 3. The third-order valence-electron chi connectivity index (χ3n) is 8.94. The molecule has 0 spiro atoms. The Balaban J connectivity index is 0.000000298. The van der Waals surface area contributed by atoms with Crippen LogP contribution < -0.4 is 25.3 Å². The monoisotopic (exact) mass is 992 g/mol. The first-order chi connectivity index (χ1) is 30.9. The molecule has 0 saturated carbocycles. The Bertz CT molecular complexity index is 2600. The number of nitrogens with zero attached hydrogens (tertiary/aromatic N) is 2. The van der Waals surface area contributed by atoms with Gasteiger partial charge in [-0.15, -0.1) is 24.4 Å². The normalized spacial score (nSPS) is 11.0. The molecule has 3 aromatic carbocycles. The number of methoxy groups -OCH3 is 3. The van der Waals surface area contributed by atoms with Crippen molar-refractivity contribution >= 4 is 58.2 Å². The highest BCUT2D eigenvalue weighted by Gasteiger charge is 2.13. The number of H-pyrrole nitrogens is 2. The van der Waals surface area contributed by atoms with Crippen LogP contribution in [0.5, 0.6) is 17.2 Å². The average molecular weight is 994 g/mol. The van der Waals surface area contributed by atoms with Crippen molar-refractivity contribution in [3.63, 3.8) is 0 Å². The molecule has 16 nitrogen and oxygen atoms in total. The van der Waals surface area contributed by atoms with E-state index in [1.807, 2.05) is 13.0 Å². The molecule has 1 aliphatic heterocycles. The topological polar surface area (TPSA) is 262 Å². The van der Waals surface area contributed by atoms with E-state index in [0.29, 0.717) is 66.2 Å². The fraction of sp³-hybridized carbons (Fsp3) is 0.283. The van der Waals surface area contributed by atoms with Crippen LogP contribution in [0.4, 0.5) is 0 Å². The minimum absolute atomic E-state index is 0.152. The highest BCUT2D eigenvalue weighted by molar-refractivity contribution is 9.08. The Morgan fingerprint density at radius 1 is 0.677 bits per heavy atom. The number of aromatic carboxylic acids is 3. The maximum atomic E-state index is 11.6. The molecule has 0 aliphatic carbocycles. The summed E-state index contributed by atoms with van der Waals surface area (Å²) < 4.78 is 20.3. The summed E-state index contributed by atoms with van der Waals surface area (Å²) in [7, 11) is 4.61. The molecule has 0 radical (unpaired) electrons. The lowest BCUT2D eigenvalue weighted by Crippen LogP contribution is -2.08. The van der Waals surface area contributed by atoms with Crippen LogP contribution in [0.1, 0.15) is 89.3 Å². The number of thioether (sulfide) groups is 1. The lowest BCUT2D eigenvalue weighted by atomic mass is 10.1. The summed E-state index contributed by atoms with van der Waals surface area (Å²) in [6, 6.07) is 20.9. The van der Waals surface area contributed by atoms with Crippen molar-refractivity contribution in [1.29, 1.82) is 10.5 Å². The average Bonchev–Trinajstić information content (AvgIpc) is 3.29. The molecule has 344 valence electrons. The lowest BCUT2D eigenvalue weighted by molar-refractivity contribution is 0.0686. The van der Waals surface area contributed by atoms with E-state index in [2.05, 4.69) is 44.6 Å². The molecule has 0 amide bonds. The Kier molecular flexibility index (Phi) is 23.8. The highest BCUT2D eigenvalue weighted by atomic mass is 79.9. The van der Waals surface area contributed by atoms with E-state index in [1.165, 1.54) is 74.5 Å². The zero-order valence-electron chi connectivity index (χ0n) is 36.4. The molecule has 65 heavy (non-hydrogen) atoms.